The summed E-state index contributed by atoms with van der Waals surface area (Å²) in [5, 5.41) is 19.2. The molecule has 0 radical (unpaired) electrons. The van der Waals surface area contributed by atoms with Gasteiger partial charge in [-0.25, -0.2) is 9.36 Å². The van der Waals surface area contributed by atoms with Crippen LogP contribution in [-0.4, -0.2) is 30.0 Å². The molecule has 0 aliphatic heterocycles. The number of tetrazole rings is 1. The molecule has 1 atom stereocenters. The molecule has 0 fully saturated rings. The molecule has 3 rings (SSSR count). The van der Waals surface area contributed by atoms with Gasteiger partial charge < -0.3 is 5.32 Å². The van der Waals surface area contributed by atoms with Crippen LogP contribution < -0.4 is 5.32 Å². The molecule has 0 aliphatic rings. The summed E-state index contributed by atoms with van der Waals surface area (Å²) in [7, 11) is 1.82. The third-order valence-corrected chi connectivity index (χ3v) is 3.78. The highest BCUT2D eigenvalue weighted by Gasteiger charge is 2.13. The normalized spacial score (nSPS) is 12.3. The van der Waals surface area contributed by atoms with E-state index in [2.05, 4.69) is 41.9 Å². The number of nitrogens with zero attached hydrogens (tertiary/aromatic N) is 6. The van der Waals surface area contributed by atoms with E-state index in [0.29, 0.717) is 0 Å². The molecule has 2 aromatic heterocycles. The summed E-state index contributed by atoms with van der Waals surface area (Å²) in [4.78, 5) is 0. The standard InChI is InChI=1S/C13H14BrN7/c1-9(13-17-18-19-20(13)2)16-10-7-15-21(8-10)12-6-4-3-5-11(12)14/h3-9,16H,1-2H3/t9-/m0/s1. The minimum absolute atomic E-state index is 0.0122. The lowest BCUT2D eigenvalue weighted by molar-refractivity contribution is 0.650. The average Bonchev–Trinajstić information content (AvgIpc) is 3.08. The first kappa shape index (κ1) is 13.7. The van der Waals surface area contributed by atoms with Crippen LogP contribution in [-0.2, 0) is 7.05 Å². The molecule has 0 spiro atoms. The van der Waals surface area contributed by atoms with E-state index in [4.69, 9.17) is 0 Å². The number of aryl methyl sites for hydroxylation is 1. The second kappa shape index (κ2) is 5.65. The van der Waals surface area contributed by atoms with E-state index < -0.39 is 0 Å². The largest absolute Gasteiger partial charge is 0.373 e. The Hall–Kier alpha value is -2.22. The molecule has 1 N–H and O–H groups in total. The summed E-state index contributed by atoms with van der Waals surface area (Å²) in [5.41, 5.74) is 1.89. The fraction of sp³-hybridized carbons (Fsp3) is 0.231. The SMILES string of the molecule is C[C@H](Nc1cnn(-c2ccccc2Br)c1)c1nnnn1C. The smallest absolute Gasteiger partial charge is 0.173 e. The van der Waals surface area contributed by atoms with E-state index in [9.17, 15) is 0 Å². The highest BCUT2D eigenvalue weighted by Crippen LogP contribution is 2.22. The van der Waals surface area contributed by atoms with Crippen molar-refractivity contribution in [2.45, 2.75) is 13.0 Å². The monoisotopic (exact) mass is 347 g/mol. The minimum atomic E-state index is -0.0122. The number of anilines is 1. The highest BCUT2D eigenvalue weighted by molar-refractivity contribution is 9.10. The Morgan fingerprint density at radius 2 is 2.10 bits per heavy atom. The van der Waals surface area contributed by atoms with Crippen molar-refractivity contribution in [2.75, 3.05) is 5.32 Å². The highest BCUT2D eigenvalue weighted by atomic mass is 79.9. The van der Waals surface area contributed by atoms with E-state index in [1.54, 1.807) is 10.9 Å². The maximum atomic E-state index is 4.37. The van der Waals surface area contributed by atoms with Gasteiger partial charge in [-0.1, -0.05) is 12.1 Å². The number of para-hydroxylation sites is 1. The van der Waals surface area contributed by atoms with Crippen LogP contribution in [0.3, 0.4) is 0 Å². The summed E-state index contributed by atoms with van der Waals surface area (Å²) in [5.74, 6) is 0.767. The first-order chi connectivity index (χ1) is 10.1. The summed E-state index contributed by atoms with van der Waals surface area (Å²) in [6.07, 6.45) is 3.71. The molecule has 0 unspecified atom stereocenters. The molecular formula is C13H14BrN7. The number of halogens is 1. The van der Waals surface area contributed by atoms with Gasteiger partial charge in [0.05, 0.1) is 29.8 Å². The van der Waals surface area contributed by atoms with Crippen molar-refractivity contribution in [3.8, 4) is 5.69 Å². The minimum Gasteiger partial charge on any atom is -0.373 e. The Labute approximate surface area is 130 Å². The van der Waals surface area contributed by atoms with Crippen LogP contribution in [0.5, 0.6) is 0 Å². The maximum absolute atomic E-state index is 4.37. The molecule has 1 aromatic carbocycles. The van der Waals surface area contributed by atoms with E-state index in [-0.39, 0.29) is 6.04 Å². The van der Waals surface area contributed by atoms with Crippen molar-refractivity contribution < 1.29 is 0 Å². The lowest BCUT2D eigenvalue weighted by atomic mass is 10.3. The first-order valence-corrected chi connectivity index (χ1v) is 7.23. The molecule has 0 saturated heterocycles. The van der Waals surface area contributed by atoms with Gasteiger partial charge in [0.25, 0.3) is 0 Å². The predicted molar refractivity (Wildman–Crippen MR) is 82.1 cm³/mol. The zero-order valence-corrected chi connectivity index (χ0v) is 13.2. The molecule has 0 aliphatic carbocycles. The zero-order valence-electron chi connectivity index (χ0n) is 11.6. The molecule has 2 heterocycles. The lowest BCUT2D eigenvalue weighted by Gasteiger charge is -2.11. The Balaban J connectivity index is 1.80. The number of hydrogen-bond acceptors (Lipinski definition) is 5. The van der Waals surface area contributed by atoms with Crippen molar-refractivity contribution in [1.29, 1.82) is 0 Å². The van der Waals surface area contributed by atoms with Crippen molar-refractivity contribution in [3.63, 3.8) is 0 Å². The van der Waals surface area contributed by atoms with Gasteiger partial charge >= 0.3 is 0 Å². The quantitative estimate of drug-likeness (QED) is 0.783. The zero-order chi connectivity index (χ0) is 14.8. The van der Waals surface area contributed by atoms with Gasteiger partial charge in [-0.2, -0.15) is 5.10 Å². The van der Waals surface area contributed by atoms with Crippen molar-refractivity contribution >= 4 is 21.6 Å². The van der Waals surface area contributed by atoms with Crippen molar-refractivity contribution in [3.05, 3.63) is 47.0 Å². The topological polar surface area (TPSA) is 73.5 Å². The third kappa shape index (κ3) is 2.80. The molecule has 7 nitrogen and oxygen atoms in total. The molecule has 0 amide bonds. The molecular weight excluding hydrogens is 334 g/mol. The molecule has 0 saturated carbocycles. The number of nitrogens with one attached hydrogen (secondary N) is 1. The van der Waals surface area contributed by atoms with Gasteiger partial charge in [0.1, 0.15) is 0 Å². The van der Waals surface area contributed by atoms with Crippen LogP contribution in [0.25, 0.3) is 5.69 Å². The fourth-order valence-corrected chi connectivity index (χ4v) is 2.55. The Kier molecular flexibility index (Phi) is 3.70. The van der Waals surface area contributed by atoms with E-state index >= 15 is 0 Å². The number of rotatable bonds is 4. The van der Waals surface area contributed by atoms with Gasteiger partial charge in [-0.05, 0) is 45.4 Å². The summed E-state index contributed by atoms with van der Waals surface area (Å²) in [6, 6.07) is 7.92. The Morgan fingerprint density at radius 1 is 1.29 bits per heavy atom. The van der Waals surface area contributed by atoms with Gasteiger partial charge in [-0.15, -0.1) is 5.10 Å². The maximum Gasteiger partial charge on any atom is 0.173 e. The number of hydrogen-bond donors (Lipinski definition) is 1. The molecule has 108 valence electrons. The van der Waals surface area contributed by atoms with Crippen LogP contribution in [0, 0.1) is 0 Å². The van der Waals surface area contributed by atoms with E-state index in [1.165, 1.54) is 0 Å². The molecule has 21 heavy (non-hydrogen) atoms. The van der Waals surface area contributed by atoms with E-state index in [1.807, 2.05) is 49.1 Å². The van der Waals surface area contributed by atoms with Gasteiger partial charge in [0.2, 0.25) is 0 Å². The van der Waals surface area contributed by atoms with Gasteiger partial charge in [0.15, 0.2) is 5.82 Å². The Morgan fingerprint density at radius 3 is 2.81 bits per heavy atom. The van der Waals surface area contributed by atoms with Crippen LogP contribution in [0.4, 0.5) is 5.69 Å². The number of benzene rings is 1. The second-order valence-electron chi connectivity index (χ2n) is 4.65. The van der Waals surface area contributed by atoms with Gasteiger partial charge in [-0.3, -0.25) is 0 Å². The third-order valence-electron chi connectivity index (χ3n) is 3.11. The van der Waals surface area contributed by atoms with E-state index in [0.717, 1.165) is 21.7 Å². The van der Waals surface area contributed by atoms with Crippen molar-refractivity contribution in [2.24, 2.45) is 7.05 Å². The summed E-state index contributed by atoms with van der Waals surface area (Å²) < 4.78 is 4.45. The van der Waals surface area contributed by atoms with Crippen LogP contribution in [0.2, 0.25) is 0 Å². The predicted octanol–water partition coefficient (Wildman–Crippen LogP) is 2.33. The van der Waals surface area contributed by atoms with Crippen molar-refractivity contribution in [1.82, 2.24) is 30.0 Å². The summed E-state index contributed by atoms with van der Waals surface area (Å²) in [6.45, 7) is 2.00. The Bertz CT molecular complexity index is 748. The fourth-order valence-electron chi connectivity index (χ4n) is 2.08. The number of aromatic nitrogens is 6. The lowest BCUT2D eigenvalue weighted by Crippen LogP contribution is -2.12. The van der Waals surface area contributed by atoms with Crippen LogP contribution in [0.15, 0.2) is 41.1 Å². The summed E-state index contributed by atoms with van der Waals surface area (Å²) >= 11 is 3.52. The van der Waals surface area contributed by atoms with Gasteiger partial charge in [0, 0.05) is 11.5 Å². The average molecular weight is 348 g/mol. The van der Waals surface area contributed by atoms with Crippen LogP contribution in [0.1, 0.15) is 18.8 Å². The second-order valence-corrected chi connectivity index (χ2v) is 5.51. The van der Waals surface area contributed by atoms with Crippen LogP contribution >= 0.6 is 15.9 Å². The molecule has 0 bridgehead atoms. The molecule has 3 aromatic rings. The first-order valence-electron chi connectivity index (χ1n) is 6.43. The molecule has 8 heteroatoms.